The summed E-state index contributed by atoms with van der Waals surface area (Å²) >= 11 is 0. The molecule has 0 aromatic carbocycles. The van der Waals surface area contributed by atoms with Crippen molar-refractivity contribution in [3.05, 3.63) is 24.3 Å². The zero-order valence-corrected chi connectivity index (χ0v) is 10.7. The van der Waals surface area contributed by atoms with Crippen LogP contribution in [0.15, 0.2) is 18.5 Å². The van der Waals surface area contributed by atoms with Gasteiger partial charge in [0.1, 0.15) is 5.82 Å². The van der Waals surface area contributed by atoms with Crippen LogP contribution in [-0.4, -0.2) is 26.0 Å². The van der Waals surface area contributed by atoms with Crippen molar-refractivity contribution in [1.82, 2.24) is 15.0 Å². The molecule has 0 radical (unpaired) electrons. The Labute approximate surface area is 111 Å². The molecule has 2 aromatic heterocycles. The molecule has 1 fully saturated rings. The smallest absolute Gasteiger partial charge is 0.310 e. The molecule has 0 spiro atoms. The normalized spacial score (nSPS) is 18.5. The lowest BCUT2D eigenvalue weighted by Gasteiger charge is -2.32. The molecule has 5 nitrogen and oxygen atoms in total. The van der Waals surface area contributed by atoms with Gasteiger partial charge < -0.3 is 10.1 Å². The summed E-state index contributed by atoms with van der Waals surface area (Å²) in [6.45, 7) is 0. The molecule has 0 bridgehead atoms. The summed E-state index contributed by atoms with van der Waals surface area (Å²) in [5.41, 5.74) is 1.08. The molecule has 0 saturated heterocycles. The van der Waals surface area contributed by atoms with E-state index in [1.54, 1.807) is 12.4 Å². The molecular formula is C14H17N3O2. The Morgan fingerprint density at radius 3 is 2.84 bits per heavy atom. The van der Waals surface area contributed by atoms with Gasteiger partial charge in [0.25, 0.3) is 0 Å². The van der Waals surface area contributed by atoms with E-state index in [0.29, 0.717) is 6.42 Å². The number of aromatic amines is 1. The number of carboxylic acids is 1. The summed E-state index contributed by atoms with van der Waals surface area (Å²) in [6.07, 6.45) is 8.52. The molecule has 0 amide bonds. The van der Waals surface area contributed by atoms with E-state index in [1.807, 2.05) is 6.07 Å². The van der Waals surface area contributed by atoms with Gasteiger partial charge in [0, 0.05) is 12.6 Å². The van der Waals surface area contributed by atoms with Gasteiger partial charge in [0.15, 0.2) is 0 Å². The van der Waals surface area contributed by atoms with Crippen LogP contribution in [0.25, 0.3) is 11.0 Å². The number of fused-ring (bicyclic) bond motifs is 1. The quantitative estimate of drug-likeness (QED) is 0.887. The highest BCUT2D eigenvalue weighted by atomic mass is 16.4. The van der Waals surface area contributed by atoms with Crippen LogP contribution in [0, 0.1) is 5.41 Å². The third-order valence-electron chi connectivity index (χ3n) is 4.10. The summed E-state index contributed by atoms with van der Waals surface area (Å²) in [4.78, 5) is 23.3. The number of carbonyl (C=O) groups is 1. The Kier molecular flexibility index (Phi) is 2.97. The van der Waals surface area contributed by atoms with Crippen molar-refractivity contribution in [1.29, 1.82) is 0 Å². The van der Waals surface area contributed by atoms with E-state index in [0.717, 1.165) is 49.0 Å². The van der Waals surface area contributed by atoms with Crippen LogP contribution in [0.4, 0.5) is 0 Å². The van der Waals surface area contributed by atoms with E-state index in [-0.39, 0.29) is 0 Å². The molecule has 100 valence electrons. The van der Waals surface area contributed by atoms with E-state index < -0.39 is 11.4 Å². The molecule has 0 atom stereocenters. The first-order chi connectivity index (χ1) is 9.20. The minimum Gasteiger partial charge on any atom is -0.481 e. The average molecular weight is 259 g/mol. The molecule has 2 heterocycles. The first-order valence-corrected chi connectivity index (χ1v) is 6.72. The molecule has 19 heavy (non-hydrogen) atoms. The standard InChI is InChI=1S/C14H17N3O2/c18-13(19)14(5-2-1-3-6-14)8-12-16-10-4-7-15-9-11(10)17-12/h4,7,9H,1-3,5-6,8H2,(H,16,17)(H,18,19). The van der Waals surface area contributed by atoms with Gasteiger partial charge in [-0.3, -0.25) is 9.78 Å². The number of hydrogen-bond donors (Lipinski definition) is 2. The summed E-state index contributed by atoms with van der Waals surface area (Å²) in [5.74, 6) is 0.0677. The number of carboxylic acid groups (broad SMARTS) is 1. The summed E-state index contributed by atoms with van der Waals surface area (Å²) < 4.78 is 0. The zero-order chi connectivity index (χ0) is 13.3. The fourth-order valence-corrected chi connectivity index (χ4v) is 3.01. The number of nitrogens with one attached hydrogen (secondary N) is 1. The first-order valence-electron chi connectivity index (χ1n) is 6.72. The van der Waals surface area contributed by atoms with Crippen LogP contribution in [0.1, 0.15) is 37.9 Å². The lowest BCUT2D eigenvalue weighted by atomic mass is 9.72. The molecule has 5 heteroatoms. The van der Waals surface area contributed by atoms with Crippen LogP contribution in [0.3, 0.4) is 0 Å². The molecule has 0 unspecified atom stereocenters. The van der Waals surface area contributed by atoms with Crippen LogP contribution >= 0.6 is 0 Å². The molecule has 2 N–H and O–H groups in total. The van der Waals surface area contributed by atoms with Crippen molar-refractivity contribution < 1.29 is 9.90 Å². The first kappa shape index (κ1) is 12.1. The summed E-state index contributed by atoms with van der Waals surface area (Å²) in [7, 11) is 0. The Bertz CT molecular complexity index is 567. The molecule has 1 aliphatic carbocycles. The topological polar surface area (TPSA) is 78.9 Å². The fourth-order valence-electron chi connectivity index (χ4n) is 3.01. The number of rotatable bonds is 3. The monoisotopic (exact) mass is 259 g/mol. The van der Waals surface area contributed by atoms with Gasteiger partial charge in [-0.05, 0) is 18.9 Å². The molecule has 2 aromatic rings. The van der Waals surface area contributed by atoms with Crippen molar-refractivity contribution in [3.63, 3.8) is 0 Å². The van der Waals surface area contributed by atoms with Gasteiger partial charge in [-0.25, -0.2) is 4.98 Å². The van der Waals surface area contributed by atoms with E-state index in [2.05, 4.69) is 15.0 Å². The molecule has 0 aliphatic heterocycles. The van der Waals surface area contributed by atoms with Crippen molar-refractivity contribution >= 4 is 17.0 Å². The van der Waals surface area contributed by atoms with Gasteiger partial charge in [0.2, 0.25) is 0 Å². The number of aromatic nitrogens is 3. The van der Waals surface area contributed by atoms with Gasteiger partial charge in [-0.1, -0.05) is 19.3 Å². The van der Waals surface area contributed by atoms with Crippen molar-refractivity contribution in [2.24, 2.45) is 5.41 Å². The van der Waals surface area contributed by atoms with Crippen molar-refractivity contribution in [2.45, 2.75) is 38.5 Å². The Balaban J connectivity index is 1.91. The Morgan fingerprint density at radius 2 is 2.16 bits per heavy atom. The lowest BCUT2D eigenvalue weighted by Crippen LogP contribution is -2.35. The van der Waals surface area contributed by atoms with E-state index in [4.69, 9.17) is 0 Å². The minimum absolute atomic E-state index is 0.483. The molecule has 3 rings (SSSR count). The van der Waals surface area contributed by atoms with Crippen molar-refractivity contribution in [3.8, 4) is 0 Å². The second-order valence-electron chi connectivity index (χ2n) is 5.40. The minimum atomic E-state index is -0.689. The van der Waals surface area contributed by atoms with Gasteiger partial charge in [0.05, 0.1) is 22.6 Å². The maximum Gasteiger partial charge on any atom is 0.310 e. The maximum atomic E-state index is 11.6. The molecule has 1 aliphatic rings. The third kappa shape index (κ3) is 2.20. The number of aliphatic carboxylic acids is 1. The van der Waals surface area contributed by atoms with E-state index in [9.17, 15) is 9.90 Å². The van der Waals surface area contributed by atoms with E-state index >= 15 is 0 Å². The lowest BCUT2D eigenvalue weighted by molar-refractivity contribution is -0.151. The second-order valence-corrected chi connectivity index (χ2v) is 5.40. The second kappa shape index (κ2) is 4.64. The highest BCUT2D eigenvalue weighted by Gasteiger charge is 2.40. The average Bonchev–Trinajstić information content (AvgIpc) is 2.81. The third-order valence-corrected chi connectivity index (χ3v) is 4.10. The van der Waals surface area contributed by atoms with Crippen LogP contribution in [0.5, 0.6) is 0 Å². The molecule has 1 saturated carbocycles. The van der Waals surface area contributed by atoms with Crippen LogP contribution < -0.4 is 0 Å². The highest BCUT2D eigenvalue weighted by Crippen LogP contribution is 2.39. The van der Waals surface area contributed by atoms with E-state index in [1.165, 1.54) is 0 Å². The fraction of sp³-hybridized carbons (Fsp3) is 0.500. The summed E-state index contributed by atoms with van der Waals surface area (Å²) in [6, 6.07) is 1.84. The zero-order valence-electron chi connectivity index (χ0n) is 10.7. The predicted octanol–water partition coefficient (Wildman–Crippen LogP) is 2.54. The van der Waals surface area contributed by atoms with Gasteiger partial charge >= 0.3 is 5.97 Å². The van der Waals surface area contributed by atoms with Crippen LogP contribution in [0.2, 0.25) is 0 Å². The molecular weight excluding hydrogens is 242 g/mol. The SMILES string of the molecule is O=C(O)C1(Cc2nc3ccncc3[nH]2)CCCCC1. The van der Waals surface area contributed by atoms with Crippen molar-refractivity contribution in [2.75, 3.05) is 0 Å². The Morgan fingerprint density at radius 1 is 1.37 bits per heavy atom. The van der Waals surface area contributed by atoms with Gasteiger partial charge in [-0.15, -0.1) is 0 Å². The number of imidazole rings is 1. The Hall–Kier alpha value is -1.91. The van der Waals surface area contributed by atoms with Gasteiger partial charge in [-0.2, -0.15) is 0 Å². The summed E-state index contributed by atoms with van der Waals surface area (Å²) in [5, 5.41) is 9.57. The highest BCUT2D eigenvalue weighted by molar-refractivity contribution is 5.76. The largest absolute Gasteiger partial charge is 0.481 e. The number of pyridine rings is 1. The predicted molar refractivity (Wildman–Crippen MR) is 70.7 cm³/mol. The number of H-pyrrole nitrogens is 1. The van der Waals surface area contributed by atoms with Crippen LogP contribution in [-0.2, 0) is 11.2 Å². The maximum absolute atomic E-state index is 11.6. The number of nitrogens with zero attached hydrogens (tertiary/aromatic N) is 2. The number of hydrogen-bond acceptors (Lipinski definition) is 3.